The van der Waals surface area contributed by atoms with Crippen molar-refractivity contribution >= 4 is 33.5 Å². The fourth-order valence-corrected chi connectivity index (χ4v) is 3.90. The quantitative estimate of drug-likeness (QED) is 0.385. The Hall–Kier alpha value is -3.08. The number of aromatic nitrogens is 1. The van der Waals surface area contributed by atoms with Gasteiger partial charge >= 0.3 is 5.97 Å². The van der Waals surface area contributed by atoms with Crippen molar-refractivity contribution in [1.29, 1.82) is 0 Å². The lowest BCUT2D eigenvalue weighted by Gasteiger charge is -2.26. The minimum atomic E-state index is -0.434. The van der Waals surface area contributed by atoms with Crippen molar-refractivity contribution in [2.75, 3.05) is 6.61 Å². The summed E-state index contributed by atoms with van der Waals surface area (Å²) in [5.74, 6) is 0.380. The number of nitrogens with zero attached hydrogens (tertiary/aromatic N) is 2. The Kier molecular flexibility index (Phi) is 4.44. The van der Waals surface area contributed by atoms with Crippen LogP contribution in [0.3, 0.4) is 0 Å². The minimum absolute atomic E-state index is 0.00586. The van der Waals surface area contributed by atoms with E-state index in [1.54, 1.807) is 0 Å². The molecule has 138 valence electrons. The largest absolute Gasteiger partial charge is 0.491 e. The molecule has 0 N–H and O–H groups in total. The van der Waals surface area contributed by atoms with Gasteiger partial charge in [0, 0.05) is 35.9 Å². The summed E-state index contributed by atoms with van der Waals surface area (Å²) in [5, 5.41) is 6.40. The standard InChI is InChI=1S/C22H22N2O3/c1-4-8-15-13-26-22-17(21(15)23-27-14(3)25)11-12-19-20(22)16-9-6-7-10-18(16)24(19)5-2/h4,6-7,9-12,15H,1,5,8,13H2,2-3H3/b23-21+. The average Bonchev–Trinajstić information content (AvgIpc) is 3.00. The van der Waals surface area contributed by atoms with E-state index in [-0.39, 0.29) is 5.92 Å². The van der Waals surface area contributed by atoms with E-state index in [4.69, 9.17) is 9.57 Å². The van der Waals surface area contributed by atoms with Crippen LogP contribution in [-0.4, -0.2) is 22.9 Å². The van der Waals surface area contributed by atoms with E-state index >= 15 is 0 Å². The topological polar surface area (TPSA) is 52.8 Å². The summed E-state index contributed by atoms with van der Waals surface area (Å²) in [6.07, 6.45) is 2.54. The summed E-state index contributed by atoms with van der Waals surface area (Å²) in [6.45, 7) is 8.66. The number of hydrogen-bond acceptors (Lipinski definition) is 4. The Labute approximate surface area is 157 Å². The molecule has 1 atom stereocenters. The average molecular weight is 362 g/mol. The molecule has 0 saturated carbocycles. The molecule has 0 fully saturated rings. The summed E-state index contributed by atoms with van der Waals surface area (Å²) < 4.78 is 8.51. The highest BCUT2D eigenvalue weighted by Crippen LogP contribution is 2.41. The summed E-state index contributed by atoms with van der Waals surface area (Å²) in [6, 6.07) is 12.4. The molecule has 0 radical (unpaired) electrons. The smallest absolute Gasteiger partial charge is 0.331 e. The fourth-order valence-electron chi connectivity index (χ4n) is 3.90. The normalized spacial score (nSPS) is 17.7. The van der Waals surface area contributed by atoms with Gasteiger partial charge in [-0.2, -0.15) is 0 Å². The van der Waals surface area contributed by atoms with Crippen LogP contribution in [0.15, 0.2) is 54.2 Å². The molecule has 2 heterocycles. The number of fused-ring (bicyclic) bond motifs is 5. The number of allylic oxidation sites excluding steroid dienone is 1. The number of benzene rings is 2. The Morgan fingerprint density at radius 1 is 1.33 bits per heavy atom. The van der Waals surface area contributed by atoms with Crippen molar-refractivity contribution in [3.63, 3.8) is 0 Å². The van der Waals surface area contributed by atoms with Crippen LogP contribution < -0.4 is 4.74 Å². The Morgan fingerprint density at radius 2 is 2.15 bits per heavy atom. The number of carbonyl (C=O) groups excluding carboxylic acids is 1. The van der Waals surface area contributed by atoms with Gasteiger partial charge in [-0.05, 0) is 31.5 Å². The van der Waals surface area contributed by atoms with E-state index in [2.05, 4.69) is 41.4 Å². The third kappa shape index (κ3) is 2.79. The van der Waals surface area contributed by atoms with E-state index in [9.17, 15) is 4.79 Å². The lowest BCUT2D eigenvalue weighted by Crippen LogP contribution is -2.28. The van der Waals surface area contributed by atoms with Crippen molar-refractivity contribution in [3.8, 4) is 5.75 Å². The van der Waals surface area contributed by atoms with Gasteiger partial charge in [-0.3, -0.25) is 0 Å². The number of oxime groups is 1. The van der Waals surface area contributed by atoms with Gasteiger partial charge < -0.3 is 14.1 Å². The van der Waals surface area contributed by atoms with E-state index in [0.29, 0.717) is 13.0 Å². The molecule has 5 nitrogen and oxygen atoms in total. The molecular formula is C22H22N2O3. The number of hydrogen-bond donors (Lipinski definition) is 0. The van der Waals surface area contributed by atoms with Gasteiger partial charge in [0.15, 0.2) is 0 Å². The van der Waals surface area contributed by atoms with Crippen LogP contribution in [0.25, 0.3) is 21.8 Å². The Morgan fingerprint density at radius 3 is 2.89 bits per heavy atom. The number of aryl methyl sites for hydroxylation is 1. The first-order valence-corrected chi connectivity index (χ1v) is 9.19. The van der Waals surface area contributed by atoms with Crippen LogP contribution in [-0.2, 0) is 16.2 Å². The maximum Gasteiger partial charge on any atom is 0.331 e. The maximum absolute atomic E-state index is 11.3. The summed E-state index contributed by atoms with van der Waals surface area (Å²) in [5.41, 5.74) is 3.92. The van der Waals surface area contributed by atoms with Crippen LogP contribution in [0.2, 0.25) is 0 Å². The van der Waals surface area contributed by atoms with Crippen molar-refractivity contribution in [2.24, 2.45) is 11.1 Å². The number of carbonyl (C=O) groups is 1. The SMILES string of the molecule is C=CCC1COc2c(ccc3c2c2ccccc2n3CC)/C1=N/OC(C)=O. The predicted octanol–water partition coefficient (Wildman–Crippen LogP) is 4.67. The Bertz CT molecular complexity index is 1080. The number of para-hydroxylation sites is 1. The first-order chi connectivity index (χ1) is 13.2. The van der Waals surface area contributed by atoms with Gasteiger partial charge in [-0.1, -0.05) is 29.4 Å². The van der Waals surface area contributed by atoms with Crippen molar-refractivity contribution in [3.05, 3.63) is 54.6 Å². The lowest BCUT2D eigenvalue weighted by atomic mass is 9.90. The molecule has 1 aromatic heterocycles. The second kappa shape index (κ2) is 6.91. The zero-order valence-corrected chi connectivity index (χ0v) is 15.6. The van der Waals surface area contributed by atoms with Gasteiger partial charge in [0.05, 0.1) is 23.2 Å². The van der Waals surface area contributed by atoms with Gasteiger partial charge in [0.1, 0.15) is 5.75 Å². The molecule has 0 spiro atoms. The third-order valence-electron chi connectivity index (χ3n) is 5.02. The zero-order valence-electron chi connectivity index (χ0n) is 15.6. The Balaban J connectivity index is 1.99. The molecule has 1 unspecified atom stereocenters. The van der Waals surface area contributed by atoms with Crippen LogP contribution in [0, 0.1) is 5.92 Å². The minimum Gasteiger partial charge on any atom is -0.491 e. The van der Waals surface area contributed by atoms with E-state index in [1.807, 2.05) is 24.3 Å². The second-order valence-electron chi connectivity index (χ2n) is 6.69. The van der Waals surface area contributed by atoms with Gasteiger partial charge in [0.2, 0.25) is 0 Å². The molecule has 2 aromatic carbocycles. The molecule has 0 amide bonds. The molecule has 27 heavy (non-hydrogen) atoms. The highest BCUT2D eigenvalue weighted by atomic mass is 16.7. The van der Waals surface area contributed by atoms with E-state index in [1.165, 1.54) is 12.4 Å². The highest BCUT2D eigenvalue weighted by molar-refractivity contribution is 6.17. The predicted molar refractivity (Wildman–Crippen MR) is 107 cm³/mol. The maximum atomic E-state index is 11.3. The van der Waals surface area contributed by atoms with Gasteiger partial charge in [0.25, 0.3) is 0 Å². The molecule has 0 saturated heterocycles. The monoisotopic (exact) mass is 362 g/mol. The molecule has 1 aliphatic rings. The molecule has 0 bridgehead atoms. The van der Waals surface area contributed by atoms with Crippen LogP contribution in [0.1, 0.15) is 25.8 Å². The molecule has 5 heteroatoms. The molecular weight excluding hydrogens is 340 g/mol. The molecule has 0 aliphatic carbocycles. The van der Waals surface area contributed by atoms with Crippen LogP contribution in [0.4, 0.5) is 0 Å². The number of ether oxygens (including phenoxy) is 1. The van der Waals surface area contributed by atoms with Crippen LogP contribution >= 0.6 is 0 Å². The summed E-state index contributed by atoms with van der Waals surface area (Å²) >= 11 is 0. The second-order valence-corrected chi connectivity index (χ2v) is 6.69. The van der Waals surface area contributed by atoms with Crippen molar-refractivity contribution in [1.82, 2.24) is 4.57 Å². The molecule has 4 rings (SSSR count). The van der Waals surface area contributed by atoms with E-state index in [0.717, 1.165) is 39.9 Å². The molecule has 1 aliphatic heterocycles. The van der Waals surface area contributed by atoms with Crippen molar-refractivity contribution < 1.29 is 14.4 Å². The third-order valence-corrected chi connectivity index (χ3v) is 5.02. The first-order valence-electron chi connectivity index (χ1n) is 9.19. The van der Waals surface area contributed by atoms with Gasteiger partial charge in [-0.25, -0.2) is 4.79 Å². The lowest BCUT2D eigenvalue weighted by molar-refractivity contribution is -0.141. The first kappa shape index (κ1) is 17.3. The zero-order chi connectivity index (χ0) is 19.0. The highest BCUT2D eigenvalue weighted by Gasteiger charge is 2.30. The van der Waals surface area contributed by atoms with E-state index < -0.39 is 5.97 Å². The molecule has 3 aromatic rings. The van der Waals surface area contributed by atoms with Crippen molar-refractivity contribution in [2.45, 2.75) is 26.8 Å². The summed E-state index contributed by atoms with van der Waals surface area (Å²) in [7, 11) is 0. The summed E-state index contributed by atoms with van der Waals surface area (Å²) in [4.78, 5) is 16.3. The number of rotatable bonds is 4. The fraction of sp³-hybridized carbons (Fsp3) is 0.273. The van der Waals surface area contributed by atoms with Gasteiger partial charge in [-0.15, -0.1) is 6.58 Å². The van der Waals surface area contributed by atoms with Crippen LogP contribution in [0.5, 0.6) is 5.75 Å².